The van der Waals surface area contributed by atoms with Crippen molar-refractivity contribution in [3.05, 3.63) is 70.5 Å². The van der Waals surface area contributed by atoms with Crippen LogP contribution in [0.1, 0.15) is 25.3 Å². The quantitative estimate of drug-likeness (QED) is 0.491. The number of thioether (sulfide) groups is 1. The number of carbonyl (C=O) groups excluding carboxylic acids is 1. The Hall–Kier alpha value is -2.60. The first-order valence-corrected chi connectivity index (χ1v) is 10.5. The van der Waals surface area contributed by atoms with Gasteiger partial charge in [-0.15, -0.1) is 0 Å². The molecule has 1 atom stereocenters. The molecular weight excluding hydrogens is 370 g/mol. The van der Waals surface area contributed by atoms with Gasteiger partial charge in [0.05, 0.1) is 22.7 Å². The first-order valence-electron chi connectivity index (χ1n) is 9.62. The Labute approximate surface area is 168 Å². The van der Waals surface area contributed by atoms with Gasteiger partial charge < -0.3 is 4.90 Å². The van der Waals surface area contributed by atoms with Crippen molar-refractivity contribution in [2.24, 2.45) is 0 Å². The zero-order valence-corrected chi connectivity index (χ0v) is 16.7. The molecule has 1 fully saturated rings. The number of nitrogens with zero attached hydrogens (tertiary/aromatic N) is 3. The lowest BCUT2D eigenvalue weighted by Gasteiger charge is -2.21. The Morgan fingerprint density at radius 3 is 2.50 bits per heavy atom. The van der Waals surface area contributed by atoms with Gasteiger partial charge in [0.15, 0.2) is 5.16 Å². The third-order valence-corrected chi connectivity index (χ3v) is 6.14. The fourth-order valence-corrected chi connectivity index (χ4v) is 4.54. The molecule has 3 aromatic rings. The number of fused-ring (bicyclic) bond motifs is 1. The van der Waals surface area contributed by atoms with Crippen molar-refractivity contribution >= 4 is 28.6 Å². The van der Waals surface area contributed by atoms with E-state index in [1.165, 1.54) is 11.8 Å². The lowest BCUT2D eigenvalue weighted by atomic mass is 10.2. The predicted octanol–water partition coefficient (Wildman–Crippen LogP) is 3.55. The molecule has 5 nitrogen and oxygen atoms in total. The molecule has 0 radical (unpaired) electrons. The summed E-state index contributed by atoms with van der Waals surface area (Å²) in [6, 6.07) is 17.2. The number of amides is 1. The van der Waals surface area contributed by atoms with Crippen molar-refractivity contribution in [2.75, 3.05) is 13.1 Å². The summed E-state index contributed by atoms with van der Waals surface area (Å²) in [7, 11) is 0. The fraction of sp³-hybridized carbons (Fsp3) is 0.318. The van der Waals surface area contributed by atoms with Crippen molar-refractivity contribution in [3.63, 3.8) is 0 Å². The van der Waals surface area contributed by atoms with E-state index in [-0.39, 0.29) is 16.7 Å². The standard InChI is InChI=1S/C22H23N3O2S/c1-16(20(26)24-13-7-8-14-24)28-22-23-19-12-6-5-11-18(19)21(27)25(22)15-17-9-3-2-4-10-17/h2-6,9-12,16H,7-8,13-15H2,1H3. The predicted molar refractivity (Wildman–Crippen MR) is 113 cm³/mol. The summed E-state index contributed by atoms with van der Waals surface area (Å²) in [6.45, 7) is 3.99. The largest absolute Gasteiger partial charge is 0.342 e. The van der Waals surface area contributed by atoms with E-state index < -0.39 is 0 Å². The van der Waals surface area contributed by atoms with Crippen LogP contribution in [-0.4, -0.2) is 38.7 Å². The second-order valence-electron chi connectivity index (χ2n) is 7.08. The van der Waals surface area contributed by atoms with Crippen LogP contribution in [0, 0.1) is 0 Å². The van der Waals surface area contributed by atoms with Gasteiger partial charge in [-0.25, -0.2) is 4.98 Å². The van der Waals surface area contributed by atoms with E-state index >= 15 is 0 Å². The van der Waals surface area contributed by atoms with Gasteiger partial charge in [0.2, 0.25) is 5.91 Å². The minimum atomic E-state index is -0.284. The smallest absolute Gasteiger partial charge is 0.262 e. The van der Waals surface area contributed by atoms with Crippen LogP contribution < -0.4 is 5.56 Å². The number of aromatic nitrogens is 2. The second kappa shape index (κ2) is 8.19. The van der Waals surface area contributed by atoms with Crippen molar-refractivity contribution in [3.8, 4) is 0 Å². The molecule has 0 spiro atoms. The molecule has 1 aliphatic rings. The molecule has 2 aromatic carbocycles. The molecule has 6 heteroatoms. The van der Waals surface area contributed by atoms with Crippen LogP contribution >= 0.6 is 11.8 Å². The van der Waals surface area contributed by atoms with Crippen molar-refractivity contribution in [1.82, 2.24) is 14.5 Å². The maximum absolute atomic E-state index is 13.2. The molecule has 144 valence electrons. The third-order valence-electron chi connectivity index (χ3n) is 5.06. The molecule has 0 N–H and O–H groups in total. The van der Waals surface area contributed by atoms with Crippen LogP contribution in [0.4, 0.5) is 0 Å². The van der Waals surface area contributed by atoms with E-state index in [9.17, 15) is 9.59 Å². The summed E-state index contributed by atoms with van der Waals surface area (Å²) >= 11 is 1.37. The Morgan fingerprint density at radius 2 is 1.75 bits per heavy atom. The van der Waals surface area contributed by atoms with Crippen LogP contribution in [0.15, 0.2) is 64.5 Å². The summed E-state index contributed by atoms with van der Waals surface area (Å²) < 4.78 is 1.69. The minimum Gasteiger partial charge on any atom is -0.342 e. The number of carbonyl (C=O) groups is 1. The number of rotatable bonds is 5. The summed E-state index contributed by atoms with van der Waals surface area (Å²) in [5.41, 5.74) is 1.62. The number of hydrogen-bond donors (Lipinski definition) is 0. The lowest BCUT2D eigenvalue weighted by Crippen LogP contribution is -2.34. The SMILES string of the molecule is CC(Sc1nc2ccccc2c(=O)n1Cc1ccccc1)C(=O)N1CCCC1. The van der Waals surface area contributed by atoms with Gasteiger partial charge in [-0.05, 0) is 37.5 Å². The van der Waals surface area contributed by atoms with Gasteiger partial charge in [-0.2, -0.15) is 0 Å². The van der Waals surface area contributed by atoms with Crippen LogP contribution in [-0.2, 0) is 11.3 Å². The normalized spacial score (nSPS) is 15.1. The number of para-hydroxylation sites is 1. The molecule has 28 heavy (non-hydrogen) atoms. The summed E-state index contributed by atoms with van der Waals surface area (Å²) in [5, 5.41) is 0.905. The molecule has 1 saturated heterocycles. The molecule has 2 heterocycles. The second-order valence-corrected chi connectivity index (χ2v) is 8.39. The van der Waals surface area contributed by atoms with Gasteiger partial charge in [0.25, 0.3) is 5.56 Å². The van der Waals surface area contributed by atoms with Crippen LogP contribution in [0.25, 0.3) is 10.9 Å². The highest BCUT2D eigenvalue weighted by molar-refractivity contribution is 8.00. The monoisotopic (exact) mass is 393 g/mol. The van der Waals surface area contributed by atoms with Gasteiger partial charge in [0, 0.05) is 13.1 Å². The van der Waals surface area contributed by atoms with E-state index in [0.29, 0.717) is 22.6 Å². The number of hydrogen-bond acceptors (Lipinski definition) is 4. The number of benzene rings is 2. The Kier molecular flexibility index (Phi) is 5.48. The van der Waals surface area contributed by atoms with E-state index in [0.717, 1.165) is 31.5 Å². The van der Waals surface area contributed by atoms with Gasteiger partial charge in [0.1, 0.15) is 0 Å². The average molecular weight is 394 g/mol. The molecule has 0 bridgehead atoms. The van der Waals surface area contributed by atoms with E-state index in [4.69, 9.17) is 4.98 Å². The van der Waals surface area contributed by atoms with Crippen molar-refractivity contribution in [2.45, 2.75) is 36.7 Å². The molecule has 1 amide bonds. The number of likely N-dealkylation sites (tertiary alicyclic amines) is 1. The highest BCUT2D eigenvalue weighted by Crippen LogP contribution is 2.25. The third kappa shape index (κ3) is 3.83. The van der Waals surface area contributed by atoms with Crippen LogP contribution in [0.2, 0.25) is 0 Å². The summed E-state index contributed by atoms with van der Waals surface area (Å²) in [5.74, 6) is 0.121. The fourth-order valence-electron chi connectivity index (χ4n) is 3.55. The highest BCUT2D eigenvalue weighted by atomic mass is 32.2. The molecule has 1 aliphatic heterocycles. The van der Waals surface area contributed by atoms with Crippen molar-refractivity contribution in [1.29, 1.82) is 0 Å². The first kappa shape index (κ1) is 18.7. The molecule has 0 saturated carbocycles. The zero-order valence-electron chi connectivity index (χ0n) is 15.9. The van der Waals surface area contributed by atoms with Gasteiger partial charge in [-0.3, -0.25) is 14.2 Å². The first-order chi connectivity index (χ1) is 13.6. The maximum atomic E-state index is 13.2. The zero-order chi connectivity index (χ0) is 19.5. The summed E-state index contributed by atoms with van der Waals surface area (Å²) in [4.78, 5) is 32.6. The van der Waals surface area contributed by atoms with Crippen molar-refractivity contribution < 1.29 is 4.79 Å². The molecule has 1 aromatic heterocycles. The molecular formula is C22H23N3O2S. The minimum absolute atomic E-state index is 0.0715. The van der Waals surface area contributed by atoms with Gasteiger partial charge >= 0.3 is 0 Å². The van der Waals surface area contributed by atoms with Gasteiger partial charge in [-0.1, -0.05) is 54.2 Å². The van der Waals surface area contributed by atoms with E-state index in [2.05, 4.69) is 0 Å². The van der Waals surface area contributed by atoms with Crippen LogP contribution in [0.5, 0.6) is 0 Å². The lowest BCUT2D eigenvalue weighted by molar-refractivity contribution is -0.129. The summed E-state index contributed by atoms with van der Waals surface area (Å²) in [6.07, 6.45) is 2.13. The average Bonchev–Trinajstić information content (AvgIpc) is 3.26. The van der Waals surface area contributed by atoms with E-state index in [1.54, 1.807) is 10.6 Å². The molecule has 4 rings (SSSR count). The topological polar surface area (TPSA) is 55.2 Å². The Balaban J connectivity index is 1.71. The Bertz CT molecular complexity index is 1040. The highest BCUT2D eigenvalue weighted by Gasteiger charge is 2.25. The molecule has 0 aliphatic carbocycles. The Morgan fingerprint density at radius 1 is 1.07 bits per heavy atom. The maximum Gasteiger partial charge on any atom is 0.262 e. The molecule has 1 unspecified atom stereocenters. The van der Waals surface area contributed by atoms with Crippen LogP contribution in [0.3, 0.4) is 0 Å². The van der Waals surface area contributed by atoms with E-state index in [1.807, 2.05) is 60.4 Å².